The maximum absolute atomic E-state index is 13.3. The van der Waals surface area contributed by atoms with E-state index in [1.807, 2.05) is 23.9 Å². The van der Waals surface area contributed by atoms with Crippen LogP contribution in [0.3, 0.4) is 0 Å². The van der Waals surface area contributed by atoms with Crippen molar-refractivity contribution in [2.45, 2.75) is 25.8 Å². The summed E-state index contributed by atoms with van der Waals surface area (Å²) in [5.74, 6) is 0.866. The lowest BCUT2D eigenvalue weighted by atomic mass is 9.98. The Morgan fingerprint density at radius 2 is 1.84 bits per heavy atom. The van der Waals surface area contributed by atoms with Gasteiger partial charge in [0.25, 0.3) is 0 Å². The third-order valence-corrected chi connectivity index (χ3v) is 5.60. The second-order valence-electron chi connectivity index (χ2n) is 6.55. The van der Waals surface area contributed by atoms with Crippen LogP contribution in [-0.2, 0) is 6.54 Å². The molecule has 1 atom stereocenters. The SMILES string of the molecule is CCSC1C=C(C)c2ccc(N(C)C)cc2N1Cc1ccc(F)cc1. The van der Waals surface area contributed by atoms with Crippen LogP contribution in [0.4, 0.5) is 15.8 Å². The van der Waals surface area contributed by atoms with E-state index in [1.165, 1.54) is 22.5 Å². The van der Waals surface area contributed by atoms with Crippen LogP contribution in [0, 0.1) is 5.82 Å². The number of halogens is 1. The molecule has 2 aromatic rings. The van der Waals surface area contributed by atoms with Crippen LogP contribution in [0.25, 0.3) is 5.57 Å². The van der Waals surface area contributed by atoms with Gasteiger partial charge < -0.3 is 9.80 Å². The number of nitrogens with zero attached hydrogens (tertiary/aromatic N) is 2. The molecule has 1 unspecified atom stereocenters. The third-order valence-electron chi connectivity index (χ3n) is 4.54. The predicted molar refractivity (Wildman–Crippen MR) is 109 cm³/mol. The first kappa shape index (κ1) is 17.9. The van der Waals surface area contributed by atoms with Gasteiger partial charge in [0.05, 0.1) is 5.37 Å². The fourth-order valence-electron chi connectivity index (χ4n) is 3.17. The van der Waals surface area contributed by atoms with Crippen molar-refractivity contribution in [1.82, 2.24) is 0 Å². The summed E-state index contributed by atoms with van der Waals surface area (Å²) in [6, 6.07) is 13.5. The second-order valence-corrected chi connectivity index (χ2v) is 7.94. The molecule has 3 rings (SSSR count). The summed E-state index contributed by atoms with van der Waals surface area (Å²) in [7, 11) is 4.13. The Balaban J connectivity index is 2.03. The van der Waals surface area contributed by atoms with E-state index in [9.17, 15) is 4.39 Å². The fourth-order valence-corrected chi connectivity index (χ4v) is 4.18. The van der Waals surface area contributed by atoms with Crippen molar-refractivity contribution in [3.05, 3.63) is 65.5 Å². The maximum atomic E-state index is 13.3. The number of fused-ring (bicyclic) bond motifs is 1. The van der Waals surface area contributed by atoms with Crippen LogP contribution in [0.1, 0.15) is 25.0 Å². The number of hydrogen-bond acceptors (Lipinski definition) is 3. The van der Waals surface area contributed by atoms with Gasteiger partial charge in [0, 0.05) is 37.6 Å². The Hall–Kier alpha value is -1.94. The average molecular weight is 357 g/mol. The van der Waals surface area contributed by atoms with Gasteiger partial charge >= 0.3 is 0 Å². The third kappa shape index (κ3) is 3.84. The first-order valence-corrected chi connectivity index (χ1v) is 9.67. The van der Waals surface area contributed by atoms with Crippen LogP contribution in [0.5, 0.6) is 0 Å². The summed E-state index contributed by atoms with van der Waals surface area (Å²) in [6.07, 6.45) is 2.34. The minimum atomic E-state index is -0.187. The molecule has 0 spiro atoms. The molecule has 0 fully saturated rings. The normalized spacial score (nSPS) is 16.4. The Bertz CT molecular complexity index is 768. The molecule has 1 heterocycles. The van der Waals surface area contributed by atoms with E-state index in [4.69, 9.17) is 0 Å². The van der Waals surface area contributed by atoms with Gasteiger partial charge in [-0.05, 0) is 54.2 Å². The Labute approximate surface area is 154 Å². The number of benzene rings is 2. The minimum Gasteiger partial charge on any atom is -0.378 e. The molecule has 1 aliphatic heterocycles. The highest BCUT2D eigenvalue weighted by molar-refractivity contribution is 8.00. The Morgan fingerprint density at radius 3 is 2.48 bits per heavy atom. The molecule has 0 aromatic heterocycles. The average Bonchev–Trinajstić information content (AvgIpc) is 2.59. The van der Waals surface area contributed by atoms with Crippen LogP contribution < -0.4 is 9.80 Å². The molecular formula is C21H25FN2S. The molecule has 0 bridgehead atoms. The van der Waals surface area contributed by atoms with E-state index in [-0.39, 0.29) is 5.82 Å². The van der Waals surface area contributed by atoms with Gasteiger partial charge in [0.2, 0.25) is 0 Å². The molecule has 2 nitrogen and oxygen atoms in total. The number of thioether (sulfide) groups is 1. The molecule has 0 saturated heterocycles. The van der Waals surface area contributed by atoms with Crippen LogP contribution in [-0.4, -0.2) is 25.2 Å². The lowest BCUT2D eigenvalue weighted by Gasteiger charge is -2.37. The van der Waals surface area contributed by atoms with Gasteiger partial charge in [0.15, 0.2) is 0 Å². The first-order chi connectivity index (χ1) is 12.0. The molecule has 1 aliphatic rings. The fraction of sp³-hybridized carbons (Fsp3) is 0.333. The lowest BCUT2D eigenvalue weighted by molar-refractivity contribution is 0.626. The van der Waals surface area contributed by atoms with Crippen molar-refractivity contribution >= 4 is 28.7 Å². The van der Waals surface area contributed by atoms with Gasteiger partial charge in [-0.15, -0.1) is 11.8 Å². The topological polar surface area (TPSA) is 6.48 Å². The van der Waals surface area contributed by atoms with E-state index >= 15 is 0 Å². The standard InChI is InChI=1S/C21H25FN2S/c1-5-25-21-12-15(2)19-11-10-18(23(3)4)13-20(19)24(21)14-16-6-8-17(22)9-7-16/h6-13,21H,5,14H2,1-4H3. The quantitative estimate of drug-likeness (QED) is 0.709. The first-order valence-electron chi connectivity index (χ1n) is 8.62. The molecule has 2 aromatic carbocycles. The van der Waals surface area contributed by atoms with Crippen molar-refractivity contribution in [2.24, 2.45) is 0 Å². The number of anilines is 2. The zero-order valence-corrected chi connectivity index (χ0v) is 16.1. The highest BCUT2D eigenvalue weighted by atomic mass is 32.2. The van der Waals surface area contributed by atoms with Gasteiger partial charge in [-0.25, -0.2) is 4.39 Å². The monoisotopic (exact) mass is 356 g/mol. The zero-order chi connectivity index (χ0) is 18.0. The smallest absolute Gasteiger partial charge is 0.123 e. The highest BCUT2D eigenvalue weighted by Crippen LogP contribution is 2.40. The molecule has 0 N–H and O–H groups in total. The van der Waals surface area contributed by atoms with E-state index in [0.717, 1.165) is 17.9 Å². The molecule has 132 valence electrons. The predicted octanol–water partition coefficient (Wildman–Crippen LogP) is 5.39. The van der Waals surface area contributed by atoms with E-state index in [0.29, 0.717) is 5.37 Å². The zero-order valence-electron chi connectivity index (χ0n) is 15.3. The van der Waals surface area contributed by atoms with Crippen LogP contribution in [0.15, 0.2) is 48.5 Å². The summed E-state index contributed by atoms with van der Waals surface area (Å²) in [6.45, 7) is 5.15. The minimum absolute atomic E-state index is 0.187. The van der Waals surface area contributed by atoms with Gasteiger partial charge in [-0.1, -0.05) is 25.1 Å². The van der Waals surface area contributed by atoms with E-state index < -0.39 is 0 Å². The molecule has 0 saturated carbocycles. The number of allylic oxidation sites excluding steroid dienone is 1. The Morgan fingerprint density at radius 1 is 1.12 bits per heavy atom. The van der Waals surface area contributed by atoms with E-state index in [2.05, 4.69) is 62.0 Å². The van der Waals surface area contributed by atoms with Crippen LogP contribution >= 0.6 is 11.8 Å². The van der Waals surface area contributed by atoms with Crippen molar-refractivity contribution in [3.8, 4) is 0 Å². The summed E-state index contributed by atoms with van der Waals surface area (Å²) >= 11 is 1.93. The molecule has 25 heavy (non-hydrogen) atoms. The van der Waals surface area contributed by atoms with Crippen molar-refractivity contribution in [3.63, 3.8) is 0 Å². The highest BCUT2D eigenvalue weighted by Gasteiger charge is 2.25. The largest absolute Gasteiger partial charge is 0.378 e. The number of rotatable bonds is 5. The summed E-state index contributed by atoms with van der Waals surface area (Å²) in [5, 5.41) is 0.292. The van der Waals surface area contributed by atoms with Crippen molar-refractivity contribution in [2.75, 3.05) is 29.6 Å². The van der Waals surface area contributed by atoms with Gasteiger partial charge in [-0.2, -0.15) is 0 Å². The molecule has 4 heteroatoms. The molecule has 0 aliphatic carbocycles. The maximum Gasteiger partial charge on any atom is 0.123 e. The summed E-state index contributed by atoms with van der Waals surface area (Å²) in [5.41, 5.74) is 6.17. The summed E-state index contributed by atoms with van der Waals surface area (Å²) < 4.78 is 13.3. The van der Waals surface area contributed by atoms with Gasteiger partial charge in [-0.3, -0.25) is 0 Å². The molecule has 0 amide bonds. The second kappa shape index (κ2) is 7.52. The summed E-state index contributed by atoms with van der Waals surface area (Å²) in [4.78, 5) is 4.56. The number of hydrogen-bond donors (Lipinski definition) is 0. The van der Waals surface area contributed by atoms with Crippen molar-refractivity contribution < 1.29 is 4.39 Å². The molecule has 0 radical (unpaired) electrons. The molecular weight excluding hydrogens is 331 g/mol. The van der Waals surface area contributed by atoms with Gasteiger partial charge in [0.1, 0.15) is 5.82 Å². The Kier molecular flexibility index (Phi) is 5.38. The van der Waals surface area contributed by atoms with E-state index in [1.54, 1.807) is 12.1 Å². The van der Waals surface area contributed by atoms with Crippen molar-refractivity contribution in [1.29, 1.82) is 0 Å². The lowest BCUT2D eigenvalue weighted by Crippen LogP contribution is -2.34. The van der Waals surface area contributed by atoms with Crippen LogP contribution in [0.2, 0.25) is 0 Å².